The zero-order valence-corrected chi connectivity index (χ0v) is 4.94. The smallest absolute Gasteiger partial charge is 0.192 e. The number of hydrogen-bond donors (Lipinski definition) is 0. The fourth-order valence-electron chi connectivity index (χ4n) is 0.644. The average molecular weight is 130 g/mol. The molecule has 10 heavy (non-hydrogen) atoms. The molecule has 0 aromatic carbocycles. The van der Waals surface area contributed by atoms with E-state index in [4.69, 9.17) is 0 Å². The highest BCUT2D eigenvalue weighted by Crippen LogP contribution is 1.96. The highest BCUT2D eigenvalue weighted by Gasteiger charge is 1.90. The summed E-state index contributed by atoms with van der Waals surface area (Å²) in [5, 5.41) is 0. The second-order valence-corrected chi connectivity index (χ2v) is 1.68. The molecule has 0 aliphatic rings. The largest absolute Gasteiger partial charge is 0.242 e. The summed E-state index contributed by atoms with van der Waals surface area (Å²) in [6.07, 6.45) is 7.93. The molecule has 0 saturated carbocycles. The van der Waals surface area contributed by atoms with Crippen LogP contribution in [-0.4, -0.2) is 19.9 Å². The highest BCUT2D eigenvalue weighted by molar-refractivity contribution is 5.66. The van der Waals surface area contributed by atoms with Gasteiger partial charge in [-0.25, -0.2) is 9.97 Å². The van der Waals surface area contributed by atoms with Gasteiger partial charge in [0, 0.05) is 0 Å². The Bertz CT molecular complexity index is 281. The van der Waals surface area contributed by atoms with Crippen LogP contribution in [0, 0.1) is 12.4 Å². The fraction of sp³-hybridized carbons (Fsp3) is 0. The summed E-state index contributed by atoms with van der Waals surface area (Å²) in [5.74, 6) is 0. The van der Waals surface area contributed by atoms with Crippen LogP contribution in [-0.2, 0) is 0 Å². The van der Waals surface area contributed by atoms with Crippen molar-refractivity contribution < 1.29 is 0 Å². The molecular weight excluding hydrogens is 128 g/mol. The molecule has 0 aliphatic heterocycles. The summed E-state index contributed by atoms with van der Waals surface area (Å²) in [6, 6.07) is 0. The minimum absolute atomic E-state index is 0.550. The van der Waals surface area contributed by atoms with E-state index in [0.717, 1.165) is 0 Å². The zero-order chi connectivity index (χ0) is 6.81. The molecule has 0 atom stereocenters. The molecule has 0 spiro atoms. The monoisotopic (exact) mass is 130 g/mol. The minimum Gasteiger partial charge on any atom is -0.242 e. The third-order valence-corrected chi connectivity index (χ3v) is 1.06. The molecule has 2 aromatic heterocycles. The van der Waals surface area contributed by atoms with Crippen LogP contribution in [0.4, 0.5) is 0 Å². The Hall–Kier alpha value is -1.76. The molecule has 46 valence electrons. The van der Waals surface area contributed by atoms with E-state index in [0.29, 0.717) is 11.2 Å². The predicted molar refractivity (Wildman–Crippen MR) is 32.8 cm³/mol. The Morgan fingerprint density at radius 3 is 3.00 bits per heavy atom. The topological polar surface area (TPSA) is 51.6 Å². The summed E-state index contributed by atoms with van der Waals surface area (Å²) in [7, 11) is 0. The van der Waals surface area contributed by atoms with Crippen molar-refractivity contribution >= 4 is 11.2 Å². The van der Waals surface area contributed by atoms with Crippen molar-refractivity contribution in [3.05, 3.63) is 24.9 Å². The summed E-state index contributed by atoms with van der Waals surface area (Å²) in [6.45, 7) is 0. The van der Waals surface area contributed by atoms with E-state index in [-0.39, 0.29) is 0 Å². The van der Waals surface area contributed by atoms with Crippen molar-refractivity contribution in [2.75, 3.05) is 0 Å². The van der Waals surface area contributed by atoms with Crippen molar-refractivity contribution in [3.63, 3.8) is 0 Å². The molecule has 4 nitrogen and oxygen atoms in total. The molecular formula is C6H2N4. The van der Waals surface area contributed by atoms with Gasteiger partial charge in [0.05, 0.1) is 18.6 Å². The summed E-state index contributed by atoms with van der Waals surface area (Å²) in [5.41, 5.74) is 1.19. The van der Waals surface area contributed by atoms with Crippen molar-refractivity contribution in [2.24, 2.45) is 0 Å². The van der Waals surface area contributed by atoms with Crippen molar-refractivity contribution in [1.29, 1.82) is 0 Å². The van der Waals surface area contributed by atoms with Crippen LogP contribution in [0.5, 0.6) is 0 Å². The van der Waals surface area contributed by atoms with Gasteiger partial charge >= 0.3 is 0 Å². The molecule has 4 heteroatoms. The van der Waals surface area contributed by atoms with E-state index >= 15 is 0 Å². The first-order valence-corrected chi connectivity index (χ1v) is 2.68. The Morgan fingerprint density at radius 2 is 2.10 bits per heavy atom. The lowest BCUT2D eigenvalue weighted by atomic mass is 10.5. The molecule has 0 fully saturated rings. The van der Waals surface area contributed by atoms with Crippen LogP contribution in [0.2, 0.25) is 0 Å². The fourth-order valence-corrected chi connectivity index (χ4v) is 0.644. The Labute approximate surface area is 57.0 Å². The van der Waals surface area contributed by atoms with Gasteiger partial charge in [0.1, 0.15) is 11.8 Å². The van der Waals surface area contributed by atoms with Crippen LogP contribution in [0.15, 0.2) is 12.5 Å². The SMILES string of the molecule is c1nc2cncnc2nc#1. The van der Waals surface area contributed by atoms with E-state index in [1.54, 1.807) is 6.20 Å². The predicted octanol–water partition coefficient (Wildman–Crippen LogP) is 0.0202. The number of nitrogens with zero attached hydrogens (tertiary/aromatic N) is 4. The normalized spacial score (nSPS) is 9.20. The maximum atomic E-state index is 3.85. The highest BCUT2D eigenvalue weighted by atomic mass is 14.9. The van der Waals surface area contributed by atoms with Crippen LogP contribution < -0.4 is 0 Å². The number of rotatable bonds is 0. The van der Waals surface area contributed by atoms with Crippen LogP contribution in [0.3, 0.4) is 0 Å². The molecule has 0 saturated heterocycles. The zero-order valence-electron chi connectivity index (χ0n) is 4.94. The Morgan fingerprint density at radius 1 is 1.20 bits per heavy atom. The standard InChI is InChI=1S/C6H2N4/c1-2-9-6-5(8-1)3-7-4-10-6/h3-4H. The van der Waals surface area contributed by atoms with Gasteiger partial charge in [-0.3, -0.25) is 0 Å². The number of aromatic nitrogens is 4. The Kier molecular flexibility index (Phi) is 0.952. The molecule has 0 radical (unpaired) electrons. The van der Waals surface area contributed by atoms with Crippen molar-refractivity contribution in [3.8, 4) is 0 Å². The Balaban J connectivity index is 2.89. The third kappa shape index (κ3) is 0.650. The molecule has 0 N–H and O–H groups in total. The van der Waals surface area contributed by atoms with Gasteiger partial charge in [-0.15, -0.1) is 0 Å². The quantitative estimate of drug-likeness (QED) is 0.504. The first-order chi connectivity index (χ1) is 4.97. The van der Waals surface area contributed by atoms with Gasteiger partial charge in [0.15, 0.2) is 5.65 Å². The lowest BCUT2D eigenvalue weighted by Crippen LogP contribution is -1.84. The van der Waals surface area contributed by atoms with Gasteiger partial charge in [0.2, 0.25) is 0 Å². The van der Waals surface area contributed by atoms with Gasteiger partial charge in [0.25, 0.3) is 0 Å². The van der Waals surface area contributed by atoms with E-state index in [1.165, 1.54) is 6.33 Å². The first-order valence-electron chi connectivity index (χ1n) is 2.68. The molecule has 2 rings (SSSR count). The van der Waals surface area contributed by atoms with Gasteiger partial charge in [-0.05, 0) is 0 Å². The molecule has 0 bridgehead atoms. The van der Waals surface area contributed by atoms with E-state index in [9.17, 15) is 0 Å². The lowest BCUT2D eigenvalue weighted by Gasteiger charge is -1.85. The summed E-state index contributed by atoms with van der Waals surface area (Å²) in [4.78, 5) is 15.2. The van der Waals surface area contributed by atoms with Crippen LogP contribution in [0.25, 0.3) is 11.2 Å². The summed E-state index contributed by atoms with van der Waals surface area (Å²) < 4.78 is 0. The molecule has 2 heterocycles. The van der Waals surface area contributed by atoms with E-state index < -0.39 is 0 Å². The lowest BCUT2D eigenvalue weighted by molar-refractivity contribution is 1.15. The maximum absolute atomic E-state index is 3.85. The summed E-state index contributed by atoms with van der Waals surface area (Å²) >= 11 is 0. The van der Waals surface area contributed by atoms with Crippen LogP contribution in [0.1, 0.15) is 0 Å². The first kappa shape index (κ1) is 5.06. The van der Waals surface area contributed by atoms with E-state index in [2.05, 4.69) is 32.3 Å². The number of hydrogen-bond acceptors (Lipinski definition) is 4. The second-order valence-electron chi connectivity index (χ2n) is 1.68. The number of fused-ring (bicyclic) bond motifs is 1. The van der Waals surface area contributed by atoms with Gasteiger partial charge in [-0.1, -0.05) is 0 Å². The van der Waals surface area contributed by atoms with E-state index in [1.807, 2.05) is 0 Å². The second kappa shape index (κ2) is 1.88. The third-order valence-electron chi connectivity index (χ3n) is 1.06. The maximum Gasteiger partial charge on any atom is 0.192 e. The molecule has 0 amide bonds. The van der Waals surface area contributed by atoms with Gasteiger partial charge in [-0.2, -0.15) is 9.97 Å². The molecule has 2 aromatic rings. The average Bonchev–Trinajstić information content (AvgIpc) is 2.05. The van der Waals surface area contributed by atoms with Crippen molar-refractivity contribution in [2.45, 2.75) is 0 Å². The van der Waals surface area contributed by atoms with Gasteiger partial charge < -0.3 is 0 Å². The molecule has 0 unspecified atom stereocenters. The van der Waals surface area contributed by atoms with Crippen molar-refractivity contribution in [1.82, 2.24) is 19.9 Å². The minimum atomic E-state index is 0.550. The molecule has 0 aliphatic carbocycles. The van der Waals surface area contributed by atoms with Crippen LogP contribution >= 0.6 is 0 Å².